The molecule has 2 aromatic rings. The molecule has 2 atom stereocenters. The Hall–Kier alpha value is -2.23. The van der Waals surface area contributed by atoms with Gasteiger partial charge in [0, 0.05) is 24.1 Å². The summed E-state index contributed by atoms with van der Waals surface area (Å²) in [4.78, 5) is 16.1. The summed E-state index contributed by atoms with van der Waals surface area (Å²) in [6.45, 7) is 1.94. The Morgan fingerprint density at radius 3 is 2.62 bits per heavy atom. The molecule has 1 N–H and O–H groups in total. The number of aryl methyl sites for hydroxylation is 1. The van der Waals surface area contributed by atoms with Crippen LogP contribution in [0.3, 0.4) is 0 Å². The smallest absolute Gasteiger partial charge is 0.220 e. The van der Waals surface area contributed by atoms with Crippen LogP contribution in [0.25, 0.3) is 0 Å². The summed E-state index contributed by atoms with van der Waals surface area (Å²) < 4.78 is 13.2. The minimum absolute atomic E-state index is 0.0114. The minimum Gasteiger partial charge on any atom is -0.352 e. The maximum Gasteiger partial charge on any atom is 0.220 e. The highest BCUT2D eigenvalue weighted by Gasteiger charge is 2.31. The molecular weight excluding hydrogens is 267 g/mol. The van der Waals surface area contributed by atoms with E-state index in [1.54, 1.807) is 12.1 Å². The molecule has 1 aromatic carbocycles. The van der Waals surface area contributed by atoms with Crippen molar-refractivity contribution in [1.29, 1.82) is 0 Å². The number of carbonyl (C=O) groups is 1. The highest BCUT2D eigenvalue weighted by atomic mass is 19.1. The number of nitrogens with one attached hydrogen (secondary N) is 1. The number of nitrogens with zero attached hydrogens (tertiary/aromatic N) is 1. The summed E-state index contributed by atoms with van der Waals surface area (Å²) >= 11 is 0. The van der Waals surface area contributed by atoms with Gasteiger partial charge >= 0.3 is 0 Å². The molecule has 0 radical (unpaired) electrons. The average molecular weight is 284 g/mol. The van der Waals surface area contributed by atoms with E-state index in [0.29, 0.717) is 6.42 Å². The van der Waals surface area contributed by atoms with Crippen molar-refractivity contribution in [3.63, 3.8) is 0 Å². The molecule has 4 heteroatoms. The lowest BCUT2D eigenvalue weighted by atomic mass is 9.87. The third-order valence-corrected chi connectivity index (χ3v) is 3.89. The molecule has 3 nitrogen and oxygen atoms in total. The second kappa shape index (κ2) is 5.64. The van der Waals surface area contributed by atoms with Crippen LogP contribution in [0, 0.1) is 12.7 Å². The summed E-state index contributed by atoms with van der Waals surface area (Å²) in [5, 5.41) is 3.01. The van der Waals surface area contributed by atoms with Gasteiger partial charge in [-0.25, -0.2) is 4.39 Å². The van der Waals surface area contributed by atoms with Gasteiger partial charge in [0.2, 0.25) is 5.91 Å². The lowest BCUT2D eigenvalue weighted by molar-refractivity contribution is -0.119. The van der Waals surface area contributed by atoms with Crippen LogP contribution in [0.2, 0.25) is 0 Å². The Balaban J connectivity index is 2.02. The number of pyridine rings is 1. The number of rotatable bonds is 3. The van der Waals surface area contributed by atoms with Crippen molar-refractivity contribution in [3.05, 3.63) is 65.2 Å². The topological polar surface area (TPSA) is 42.0 Å². The fraction of sp³-hybridized carbons (Fsp3) is 0.294. The van der Waals surface area contributed by atoms with Gasteiger partial charge < -0.3 is 5.32 Å². The van der Waals surface area contributed by atoms with Gasteiger partial charge in [-0.3, -0.25) is 9.78 Å². The number of carbonyl (C=O) groups excluding carboxylic acids is 1. The summed E-state index contributed by atoms with van der Waals surface area (Å²) in [7, 11) is 0. The third kappa shape index (κ3) is 2.94. The van der Waals surface area contributed by atoms with E-state index in [9.17, 15) is 9.18 Å². The van der Waals surface area contributed by atoms with E-state index in [1.165, 1.54) is 12.1 Å². The van der Waals surface area contributed by atoms with Gasteiger partial charge in [-0.05, 0) is 43.2 Å². The Bertz CT molecular complexity index is 654. The van der Waals surface area contributed by atoms with Gasteiger partial charge in [0.25, 0.3) is 0 Å². The van der Waals surface area contributed by atoms with E-state index in [2.05, 4.69) is 10.3 Å². The number of benzene rings is 1. The Kier molecular flexibility index (Phi) is 3.69. The zero-order valence-corrected chi connectivity index (χ0v) is 11.8. The number of aromatic nitrogens is 1. The van der Waals surface area contributed by atoms with Gasteiger partial charge in [-0.2, -0.15) is 0 Å². The predicted molar refractivity (Wildman–Crippen MR) is 78.4 cm³/mol. The van der Waals surface area contributed by atoms with Gasteiger partial charge in [0.1, 0.15) is 5.82 Å². The molecule has 108 valence electrons. The fourth-order valence-electron chi connectivity index (χ4n) is 2.90. The molecule has 1 fully saturated rings. The number of amides is 1. The van der Waals surface area contributed by atoms with E-state index in [4.69, 9.17) is 0 Å². The maximum absolute atomic E-state index is 13.2. The second-order valence-corrected chi connectivity index (χ2v) is 5.45. The monoisotopic (exact) mass is 284 g/mol. The van der Waals surface area contributed by atoms with Crippen LogP contribution in [0.4, 0.5) is 4.39 Å². The molecule has 1 aromatic heterocycles. The van der Waals surface area contributed by atoms with Crippen molar-refractivity contribution in [2.45, 2.75) is 31.7 Å². The zero-order valence-electron chi connectivity index (χ0n) is 11.8. The SMILES string of the molecule is Cc1cccc([C@H](c2ccc(F)cc2)[C@H]2CCC(=O)N2)n1. The lowest BCUT2D eigenvalue weighted by Gasteiger charge is -2.24. The first kappa shape index (κ1) is 13.7. The highest BCUT2D eigenvalue weighted by Crippen LogP contribution is 2.31. The van der Waals surface area contributed by atoms with Gasteiger partial charge in [0.15, 0.2) is 0 Å². The van der Waals surface area contributed by atoms with E-state index in [0.717, 1.165) is 23.4 Å². The Labute approximate surface area is 123 Å². The molecule has 1 saturated heterocycles. The lowest BCUT2D eigenvalue weighted by Crippen LogP contribution is -2.32. The average Bonchev–Trinajstić information content (AvgIpc) is 2.88. The summed E-state index contributed by atoms with van der Waals surface area (Å²) in [6, 6.07) is 12.3. The molecular formula is C17H17FN2O. The molecule has 0 aliphatic carbocycles. The first-order chi connectivity index (χ1) is 10.1. The van der Waals surface area contributed by atoms with Crippen molar-refractivity contribution in [1.82, 2.24) is 10.3 Å². The van der Waals surface area contributed by atoms with Crippen LogP contribution in [-0.4, -0.2) is 16.9 Å². The third-order valence-electron chi connectivity index (χ3n) is 3.89. The molecule has 1 aliphatic rings. The molecule has 0 saturated carbocycles. The van der Waals surface area contributed by atoms with Gasteiger partial charge in [0.05, 0.1) is 5.69 Å². The standard InChI is InChI=1S/C17H17FN2O/c1-11-3-2-4-14(19-11)17(15-9-10-16(21)20-15)12-5-7-13(18)8-6-12/h2-8,15,17H,9-10H2,1H3,(H,20,21)/t15-,17+/m1/s1. The number of hydrogen-bond donors (Lipinski definition) is 1. The quantitative estimate of drug-likeness (QED) is 0.941. The second-order valence-electron chi connectivity index (χ2n) is 5.45. The van der Waals surface area contributed by atoms with Crippen molar-refractivity contribution >= 4 is 5.91 Å². The summed E-state index contributed by atoms with van der Waals surface area (Å²) in [6.07, 6.45) is 1.31. The van der Waals surface area contributed by atoms with Gasteiger partial charge in [-0.15, -0.1) is 0 Å². The number of hydrogen-bond acceptors (Lipinski definition) is 2. The minimum atomic E-state index is -0.259. The van der Waals surface area contributed by atoms with Crippen LogP contribution >= 0.6 is 0 Å². The molecule has 1 amide bonds. The molecule has 1 aliphatic heterocycles. The fourth-order valence-corrected chi connectivity index (χ4v) is 2.90. The van der Waals surface area contributed by atoms with E-state index < -0.39 is 0 Å². The van der Waals surface area contributed by atoms with Crippen LogP contribution in [0.15, 0.2) is 42.5 Å². The largest absolute Gasteiger partial charge is 0.352 e. The van der Waals surface area contributed by atoms with Crippen molar-refractivity contribution in [2.24, 2.45) is 0 Å². The van der Waals surface area contributed by atoms with Crippen LogP contribution in [-0.2, 0) is 4.79 Å². The first-order valence-corrected chi connectivity index (χ1v) is 7.12. The molecule has 0 spiro atoms. The normalized spacial score (nSPS) is 19.3. The highest BCUT2D eigenvalue weighted by molar-refractivity contribution is 5.78. The summed E-state index contributed by atoms with van der Waals surface area (Å²) in [5.74, 6) is -0.234. The van der Waals surface area contributed by atoms with Crippen molar-refractivity contribution in [2.75, 3.05) is 0 Å². The first-order valence-electron chi connectivity index (χ1n) is 7.12. The van der Waals surface area contributed by atoms with Crippen LogP contribution in [0.5, 0.6) is 0 Å². The Morgan fingerprint density at radius 1 is 1.24 bits per heavy atom. The molecule has 2 heterocycles. The predicted octanol–water partition coefficient (Wildman–Crippen LogP) is 2.94. The maximum atomic E-state index is 13.2. The summed E-state index contributed by atoms with van der Waals surface area (Å²) in [5.41, 5.74) is 2.82. The van der Waals surface area contributed by atoms with Crippen LogP contribution in [0.1, 0.15) is 35.7 Å². The molecule has 21 heavy (non-hydrogen) atoms. The number of halogens is 1. The van der Waals surface area contributed by atoms with Crippen molar-refractivity contribution in [3.8, 4) is 0 Å². The molecule has 0 unspecified atom stereocenters. The molecule has 0 bridgehead atoms. The van der Waals surface area contributed by atoms with E-state index in [-0.39, 0.29) is 23.7 Å². The Morgan fingerprint density at radius 2 is 2.00 bits per heavy atom. The zero-order chi connectivity index (χ0) is 14.8. The van der Waals surface area contributed by atoms with E-state index in [1.807, 2.05) is 25.1 Å². The van der Waals surface area contributed by atoms with Gasteiger partial charge in [-0.1, -0.05) is 18.2 Å². The van der Waals surface area contributed by atoms with Crippen LogP contribution < -0.4 is 5.32 Å². The van der Waals surface area contributed by atoms with E-state index >= 15 is 0 Å². The van der Waals surface area contributed by atoms with Crippen molar-refractivity contribution < 1.29 is 9.18 Å². The molecule has 3 rings (SSSR count).